The van der Waals surface area contributed by atoms with Gasteiger partial charge in [0, 0.05) is 14.9 Å². The summed E-state index contributed by atoms with van der Waals surface area (Å²) in [6, 6.07) is 14.7. The molecule has 0 saturated carbocycles. The summed E-state index contributed by atoms with van der Waals surface area (Å²) in [7, 11) is 0. The molecule has 0 radical (unpaired) electrons. The maximum absolute atomic E-state index is 12.7. The van der Waals surface area contributed by atoms with E-state index in [4.69, 9.17) is 23.2 Å². The fraction of sp³-hybridized carbons (Fsp3) is 0.158. The van der Waals surface area contributed by atoms with Gasteiger partial charge in [-0.3, -0.25) is 4.79 Å². The maximum atomic E-state index is 12.7. The quantitative estimate of drug-likeness (QED) is 0.496. The average Bonchev–Trinajstić information content (AvgIpc) is 3.02. The largest absolute Gasteiger partial charge is 0.281 e. The third kappa shape index (κ3) is 4.27. The van der Waals surface area contributed by atoms with Crippen molar-refractivity contribution in [2.75, 3.05) is 0 Å². The summed E-state index contributed by atoms with van der Waals surface area (Å²) in [5.74, 6) is 0. The SMILES string of the molecule is CCCc1c(C(=O)Sc2ccc(Cl)cc2)cnn1-c1ccc(Cl)cc1. The number of carbonyl (C=O) groups excluding carboxylic acids is 1. The van der Waals surface area contributed by atoms with Crippen LogP contribution in [0.3, 0.4) is 0 Å². The Morgan fingerprint density at radius 1 is 1.04 bits per heavy atom. The Kier molecular flexibility index (Phi) is 5.84. The first-order valence-corrected chi connectivity index (χ1v) is 9.46. The molecule has 6 heteroatoms. The zero-order chi connectivity index (χ0) is 17.8. The van der Waals surface area contributed by atoms with Crippen LogP contribution in [-0.2, 0) is 6.42 Å². The van der Waals surface area contributed by atoms with Gasteiger partial charge in [0.05, 0.1) is 23.1 Å². The van der Waals surface area contributed by atoms with Crippen LogP contribution in [0, 0.1) is 0 Å². The van der Waals surface area contributed by atoms with Gasteiger partial charge in [0.1, 0.15) is 0 Å². The lowest BCUT2D eigenvalue weighted by Gasteiger charge is -2.09. The molecule has 128 valence electrons. The van der Waals surface area contributed by atoms with Crippen molar-refractivity contribution in [3.05, 3.63) is 76.0 Å². The number of nitrogens with zero attached hydrogens (tertiary/aromatic N) is 2. The molecule has 1 heterocycles. The predicted molar refractivity (Wildman–Crippen MR) is 104 cm³/mol. The maximum Gasteiger partial charge on any atom is 0.227 e. The molecule has 2 aromatic carbocycles. The van der Waals surface area contributed by atoms with Crippen LogP contribution in [0.1, 0.15) is 29.4 Å². The fourth-order valence-electron chi connectivity index (χ4n) is 2.49. The first-order chi connectivity index (χ1) is 12.1. The number of rotatable bonds is 5. The molecular formula is C19H16Cl2N2OS. The van der Waals surface area contributed by atoms with E-state index in [0.29, 0.717) is 15.6 Å². The van der Waals surface area contributed by atoms with Gasteiger partial charge in [-0.2, -0.15) is 5.10 Å². The van der Waals surface area contributed by atoms with Crippen LogP contribution in [0.4, 0.5) is 0 Å². The lowest BCUT2D eigenvalue weighted by molar-refractivity contribution is 0.108. The van der Waals surface area contributed by atoms with Crippen molar-refractivity contribution in [3.8, 4) is 5.69 Å². The third-order valence-corrected chi connectivity index (χ3v) is 5.09. The van der Waals surface area contributed by atoms with Crippen LogP contribution >= 0.6 is 35.0 Å². The Hall–Kier alpha value is -1.75. The van der Waals surface area contributed by atoms with Gasteiger partial charge in [-0.1, -0.05) is 36.5 Å². The van der Waals surface area contributed by atoms with E-state index < -0.39 is 0 Å². The first kappa shape index (κ1) is 18.1. The van der Waals surface area contributed by atoms with Crippen LogP contribution in [0.25, 0.3) is 5.69 Å². The highest BCUT2D eigenvalue weighted by Gasteiger charge is 2.19. The minimum atomic E-state index is -0.0222. The Labute approximate surface area is 161 Å². The summed E-state index contributed by atoms with van der Waals surface area (Å²) in [5, 5.41) is 5.73. The molecule has 0 atom stereocenters. The van der Waals surface area contributed by atoms with E-state index in [-0.39, 0.29) is 5.12 Å². The van der Waals surface area contributed by atoms with Crippen molar-refractivity contribution in [2.45, 2.75) is 24.7 Å². The van der Waals surface area contributed by atoms with Crippen LogP contribution < -0.4 is 0 Å². The number of hydrogen-bond acceptors (Lipinski definition) is 3. The number of hydrogen-bond donors (Lipinski definition) is 0. The second-order valence-corrected chi connectivity index (χ2v) is 7.41. The summed E-state index contributed by atoms with van der Waals surface area (Å²) < 4.78 is 1.81. The molecule has 0 aliphatic heterocycles. The molecule has 0 bridgehead atoms. The van der Waals surface area contributed by atoms with Crippen LogP contribution in [0.5, 0.6) is 0 Å². The number of halogens is 2. The van der Waals surface area contributed by atoms with Crippen molar-refractivity contribution in [1.29, 1.82) is 0 Å². The molecule has 0 unspecified atom stereocenters. The summed E-state index contributed by atoms with van der Waals surface area (Å²) in [6.45, 7) is 2.08. The van der Waals surface area contributed by atoms with E-state index in [1.54, 1.807) is 18.3 Å². The Balaban J connectivity index is 1.91. The molecule has 0 spiro atoms. The second kappa shape index (κ2) is 8.09. The smallest absolute Gasteiger partial charge is 0.227 e. The van der Waals surface area contributed by atoms with Crippen LogP contribution in [-0.4, -0.2) is 14.9 Å². The van der Waals surface area contributed by atoms with Gasteiger partial charge in [-0.05, 0) is 66.7 Å². The number of thioether (sulfide) groups is 1. The molecule has 3 aromatic rings. The van der Waals surface area contributed by atoms with E-state index in [1.807, 2.05) is 41.1 Å². The predicted octanol–water partition coefficient (Wildman–Crippen LogP) is 6.06. The van der Waals surface area contributed by atoms with Gasteiger partial charge >= 0.3 is 0 Å². The lowest BCUT2D eigenvalue weighted by Crippen LogP contribution is -2.05. The van der Waals surface area contributed by atoms with Gasteiger partial charge in [-0.25, -0.2) is 4.68 Å². The average molecular weight is 391 g/mol. The highest BCUT2D eigenvalue weighted by Crippen LogP contribution is 2.27. The number of carbonyl (C=O) groups is 1. The minimum Gasteiger partial charge on any atom is -0.281 e. The summed E-state index contributed by atoms with van der Waals surface area (Å²) in [6.07, 6.45) is 3.33. The standard InChI is InChI=1S/C19H16Cl2N2OS/c1-2-3-18-17(19(24)25-16-10-6-14(21)7-11-16)12-22-23(18)15-8-4-13(20)5-9-15/h4-12H,2-3H2,1H3. The molecule has 25 heavy (non-hydrogen) atoms. The molecule has 0 fully saturated rings. The number of benzene rings is 2. The highest BCUT2D eigenvalue weighted by atomic mass is 35.5. The summed E-state index contributed by atoms with van der Waals surface area (Å²) >= 11 is 13.0. The van der Waals surface area contributed by atoms with E-state index >= 15 is 0 Å². The molecule has 0 N–H and O–H groups in total. The number of aromatic nitrogens is 2. The van der Waals surface area contributed by atoms with Crippen molar-refractivity contribution >= 4 is 40.1 Å². The van der Waals surface area contributed by atoms with Crippen LogP contribution in [0.15, 0.2) is 59.6 Å². The normalized spacial score (nSPS) is 10.8. The Morgan fingerprint density at radius 3 is 2.24 bits per heavy atom. The zero-order valence-corrected chi connectivity index (χ0v) is 15.9. The third-order valence-electron chi connectivity index (χ3n) is 3.67. The molecule has 3 nitrogen and oxygen atoms in total. The molecule has 0 amide bonds. The van der Waals surface area contributed by atoms with E-state index in [0.717, 1.165) is 29.1 Å². The first-order valence-electron chi connectivity index (χ1n) is 7.89. The van der Waals surface area contributed by atoms with E-state index in [1.165, 1.54) is 11.8 Å². The van der Waals surface area contributed by atoms with Crippen molar-refractivity contribution < 1.29 is 4.79 Å². The summed E-state index contributed by atoms with van der Waals surface area (Å²) in [5.41, 5.74) is 2.44. The van der Waals surface area contributed by atoms with Gasteiger partial charge in [-0.15, -0.1) is 0 Å². The second-order valence-electron chi connectivity index (χ2n) is 5.49. The Bertz CT molecular complexity index is 873. The lowest BCUT2D eigenvalue weighted by atomic mass is 10.1. The van der Waals surface area contributed by atoms with E-state index in [2.05, 4.69) is 12.0 Å². The fourth-order valence-corrected chi connectivity index (χ4v) is 3.51. The minimum absolute atomic E-state index is 0.0222. The monoisotopic (exact) mass is 390 g/mol. The van der Waals surface area contributed by atoms with Crippen molar-refractivity contribution in [1.82, 2.24) is 9.78 Å². The summed E-state index contributed by atoms with van der Waals surface area (Å²) in [4.78, 5) is 13.6. The molecule has 1 aromatic heterocycles. The highest BCUT2D eigenvalue weighted by molar-refractivity contribution is 8.14. The zero-order valence-electron chi connectivity index (χ0n) is 13.6. The van der Waals surface area contributed by atoms with Gasteiger partial charge in [0.25, 0.3) is 0 Å². The molecule has 0 aliphatic carbocycles. The van der Waals surface area contributed by atoms with Crippen molar-refractivity contribution in [3.63, 3.8) is 0 Å². The van der Waals surface area contributed by atoms with Gasteiger partial charge < -0.3 is 0 Å². The van der Waals surface area contributed by atoms with Crippen LogP contribution in [0.2, 0.25) is 10.0 Å². The Morgan fingerprint density at radius 2 is 1.64 bits per heavy atom. The molecular weight excluding hydrogens is 375 g/mol. The topological polar surface area (TPSA) is 34.9 Å². The van der Waals surface area contributed by atoms with E-state index in [9.17, 15) is 4.79 Å². The van der Waals surface area contributed by atoms with Gasteiger partial charge in [0.15, 0.2) is 0 Å². The molecule has 0 saturated heterocycles. The molecule has 3 rings (SSSR count). The van der Waals surface area contributed by atoms with Gasteiger partial charge in [0.2, 0.25) is 5.12 Å². The van der Waals surface area contributed by atoms with Crippen molar-refractivity contribution in [2.24, 2.45) is 0 Å². The molecule has 0 aliphatic rings.